The molecule has 0 spiro atoms. The smallest absolute Gasteiger partial charge is 0.262 e. The highest BCUT2D eigenvalue weighted by Gasteiger charge is 2.33. The standard InChI is InChI=1S/C22H24N4O3S2/c27-19(13-18-21(29)25-22(31-18)26-10-2-1-3-11-26)24-16-8-6-15(7-9-16)20(28)23-14-17-5-4-12-30-17/h4-9,12,18H,1-3,10-11,13-14H2,(H,23,28)(H,24,27)/t18-/m1/s1. The van der Waals surface area contributed by atoms with E-state index < -0.39 is 5.25 Å². The van der Waals surface area contributed by atoms with Crippen LogP contribution < -0.4 is 10.6 Å². The molecule has 3 amide bonds. The van der Waals surface area contributed by atoms with Crippen molar-refractivity contribution in [2.24, 2.45) is 4.99 Å². The van der Waals surface area contributed by atoms with E-state index in [1.165, 1.54) is 18.2 Å². The summed E-state index contributed by atoms with van der Waals surface area (Å²) >= 11 is 2.98. The zero-order valence-electron chi connectivity index (χ0n) is 17.0. The van der Waals surface area contributed by atoms with E-state index in [4.69, 9.17) is 0 Å². The fourth-order valence-electron chi connectivity index (χ4n) is 3.50. The lowest BCUT2D eigenvalue weighted by Gasteiger charge is -2.27. The van der Waals surface area contributed by atoms with Gasteiger partial charge in [0.05, 0.1) is 6.54 Å². The molecule has 0 saturated carbocycles. The van der Waals surface area contributed by atoms with Crippen molar-refractivity contribution in [3.05, 3.63) is 52.2 Å². The lowest BCUT2D eigenvalue weighted by molar-refractivity contribution is -0.121. The molecule has 31 heavy (non-hydrogen) atoms. The highest BCUT2D eigenvalue weighted by Crippen LogP contribution is 2.29. The minimum atomic E-state index is -0.473. The van der Waals surface area contributed by atoms with Gasteiger partial charge in [-0.2, -0.15) is 4.99 Å². The topological polar surface area (TPSA) is 90.9 Å². The van der Waals surface area contributed by atoms with Gasteiger partial charge in [0, 0.05) is 35.6 Å². The van der Waals surface area contributed by atoms with Crippen molar-refractivity contribution in [1.82, 2.24) is 10.2 Å². The Hall–Kier alpha value is -2.65. The van der Waals surface area contributed by atoms with Crippen molar-refractivity contribution in [2.45, 2.75) is 37.5 Å². The number of rotatable bonds is 6. The number of aliphatic imine (C=N–C) groups is 1. The van der Waals surface area contributed by atoms with E-state index in [0.717, 1.165) is 36.0 Å². The number of hydrogen-bond donors (Lipinski definition) is 2. The molecule has 2 N–H and O–H groups in total. The molecule has 1 atom stereocenters. The molecule has 9 heteroatoms. The molecule has 1 aromatic heterocycles. The van der Waals surface area contributed by atoms with Gasteiger partial charge in [-0.3, -0.25) is 14.4 Å². The van der Waals surface area contributed by atoms with Crippen molar-refractivity contribution in [1.29, 1.82) is 0 Å². The number of likely N-dealkylation sites (tertiary alicyclic amines) is 1. The van der Waals surface area contributed by atoms with Gasteiger partial charge in [0.1, 0.15) is 5.25 Å². The second-order valence-electron chi connectivity index (χ2n) is 7.48. The van der Waals surface area contributed by atoms with E-state index in [-0.39, 0.29) is 24.1 Å². The maximum Gasteiger partial charge on any atom is 0.262 e. The third-order valence-electron chi connectivity index (χ3n) is 5.16. The van der Waals surface area contributed by atoms with Gasteiger partial charge in [0.2, 0.25) is 5.91 Å². The van der Waals surface area contributed by atoms with E-state index in [1.807, 2.05) is 17.5 Å². The quantitative estimate of drug-likeness (QED) is 0.694. The van der Waals surface area contributed by atoms with E-state index >= 15 is 0 Å². The van der Waals surface area contributed by atoms with Crippen molar-refractivity contribution in [2.75, 3.05) is 18.4 Å². The van der Waals surface area contributed by atoms with Crippen molar-refractivity contribution in [3.8, 4) is 0 Å². The normalized spacial score (nSPS) is 18.6. The van der Waals surface area contributed by atoms with E-state index in [1.54, 1.807) is 35.6 Å². The summed E-state index contributed by atoms with van der Waals surface area (Å²) in [5.41, 5.74) is 1.11. The molecule has 162 valence electrons. The van der Waals surface area contributed by atoms with Gasteiger partial charge in [-0.15, -0.1) is 11.3 Å². The van der Waals surface area contributed by atoms with Gasteiger partial charge in [0.25, 0.3) is 11.8 Å². The largest absolute Gasteiger partial charge is 0.351 e. The van der Waals surface area contributed by atoms with E-state index in [9.17, 15) is 14.4 Å². The minimum Gasteiger partial charge on any atom is -0.351 e. The lowest BCUT2D eigenvalue weighted by atomic mass is 10.1. The Morgan fingerprint density at radius 3 is 2.58 bits per heavy atom. The maximum atomic E-state index is 12.4. The zero-order chi connectivity index (χ0) is 21.6. The van der Waals surface area contributed by atoms with Crippen LogP contribution in [0.2, 0.25) is 0 Å². The predicted molar refractivity (Wildman–Crippen MR) is 124 cm³/mol. The van der Waals surface area contributed by atoms with Crippen LogP contribution in [0.15, 0.2) is 46.8 Å². The first-order valence-electron chi connectivity index (χ1n) is 10.3. The minimum absolute atomic E-state index is 0.0768. The van der Waals surface area contributed by atoms with Crippen LogP contribution in [0, 0.1) is 0 Å². The molecule has 1 saturated heterocycles. The van der Waals surface area contributed by atoms with Crippen molar-refractivity contribution < 1.29 is 14.4 Å². The maximum absolute atomic E-state index is 12.4. The average molecular weight is 457 g/mol. The molecule has 0 radical (unpaired) electrons. The third kappa shape index (κ3) is 5.74. The summed E-state index contributed by atoms with van der Waals surface area (Å²) < 4.78 is 0. The molecule has 0 aliphatic carbocycles. The number of amides is 3. The van der Waals surface area contributed by atoms with E-state index in [0.29, 0.717) is 17.8 Å². The molecule has 0 unspecified atom stereocenters. The number of carbonyl (C=O) groups excluding carboxylic acids is 3. The van der Waals surface area contributed by atoms with Crippen LogP contribution in [0.4, 0.5) is 5.69 Å². The number of piperidine rings is 1. The predicted octanol–water partition coefficient (Wildman–Crippen LogP) is 3.49. The summed E-state index contributed by atoms with van der Waals surface area (Å²) in [4.78, 5) is 44.3. The van der Waals surface area contributed by atoms with Crippen LogP contribution in [-0.2, 0) is 16.1 Å². The monoisotopic (exact) mass is 456 g/mol. The fourth-order valence-corrected chi connectivity index (χ4v) is 5.26. The van der Waals surface area contributed by atoms with Gasteiger partial charge in [-0.05, 0) is 55.0 Å². The number of nitrogens with one attached hydrogen (secondary N) is 2. The Balaban J connectivity index is 1.25. The number of anilines is 1. The molecule has 1 aromatic carbocycles. The first-order chi connectivity index (χ1) is 15.1. The lowest BCUT2D eigenvalue weighted by Crippen LogP contribution is -2.33. The molecule has 7 nitrogen and oxygen atoms in total. The molecule has 2 aliphatic rings. The van der Waals surface area contributed by atoms with Gasteiger partial charge >= 0.3 is 0 Å². The molecule has 4 rings (SSSR count). The number of thioether (sulfide) groups is 1. The number of nitrogens with zero attached hydrogens (tertiary/aromatic N) is 2. The Kier molecular flexibility index (Phi) is 7.03. The summed E-state index contributed by atoms with van der Waals surface area (Å²) in [6.45, 7) is 2.33. The number of amidine groups is 1. The summed E-state index contributed by atoms with van der Waals surface area (Å²) in [7, 11) is 0. The molecule has 3 heterocycles. The molecule has 0 bridgehead atoms. The molecule has 2 aliphatic heterocycles. The van der Waals surface area contributed by atoms with Crippen LogP contribution >= 0.6 is 23.1 Å². The highest BCUT2D eigenvalue weighted by atomic mass is 32.2. The van der Waals surface area contributed by atoms with Gasteiger partial charge in [-0.25, -0.2) is 0 Å². The Bertz CT molecular complexity index is 967. The Labute approximate surface area is 189 Å². The van der Waals surface area contributed by atoms with Crippen LogP contribution in [0.25, 0.3) is 0 Å². The van der Waals surface area contributed by atoms with Crippen molar-refractivity contribution in [3.63, 3.8) is 0 Å². The number of hydrogen-bond acceptors (Lipinski definition) is 6. The first-order valence-corrected chi connectivity index (χ1v) is 12.1. The molecule has 2 aromatic rings. The summed E-state index contributed by atoms with van der Waals surface area (Å²) in [6.07, 6.45) is 3.51. The number of benzene rings is 1. The fraction of sp³-hybridized carbons (Fsp3) is 0.364. The van der Waals surface area contributed by atoms with E-state index in [2.05, 4.69) is 20.5 Å². The summed E-state index contributed by atoms with van der Waals surface area (Å²) in [5, 5.41) is 7.93. The second-order valence-corrected chi connectivity index (χ2v) is 9.68. The van der Waals surface area contributed by atoms with Gasteiger partial charge in [0.15, 0.2) is 5.17 Å². The number of thiophene rings is 1. The molecular formula is C22H24N4O3S2. The van der Waals surface area contributed by atoms with Crippen LogP contribution in [0.3, 0.4) is 0 Å². The third-order valence-corrected chi connectivity index (χ3v) is 7.25. The zero-order valence-corrected chi connectivity index (χ0v) is 18.6. The SMILES string of the molecule is O=C(C[C@H]1SC(N2CCCCC2)=NC1=O)Nc1ccc(C(=O)NCc2cccs2)cc1. The molecule has 1 fully saturated rings. The highest BCUT2D eigenvalue weighted by molar-refractivity contribution is 8.15. The Morgan fingerprint density at radius 2 is 1.87 bits per heavy atom. The van der Waals surface area contributed by atoms with Gasteiger partial charge < -0.3 is 15.5 Å². The molecular weight excluding hydrogens is 432 g/mol. The van der Waals surface area contributed by atoms with Crippen LogP contribution in [0.5, 0.6) is 0 Å². The van der Waals surface area contributed by atoms with Crippen LogP contribution in [-0.4, -0.2) is 46.1 Å². The Morgan fingerprint density at radius 1 is 1.10 bits per heavy atom. The average Bonchev–Trinajstić information content (AvgIpc) is 3.43. The summed E-state index contributed by atoms with van der Waals surface area (Å²) in [5.74, 6) is -0.643. The van der Waals surface area contributed by atoms with Gasteiger partial charge in [-0.1, -0.05) is 17.8 Å². The second kappa shape index (κ2) is 10.1. The van der Waals surface area contributed by atoms with Crippen molar-refractivity contribution >= 4 is 51.7 Å². The summed E-state index contributed by atoms with van der Waals surface area (Å²) in [6, 6.07) is 10.6. The number of carbonyl (C=O) groups is 3. The van der Waals surface area contributed by atoms with Crippen LogP contribution in [0.1, 0.15) is 40.9 Å². The first kappa shape index (κ1) is 21.6.